The summed E-state index contributed by atoms with van der Waals surface area (Å²) in [5.74, 6) is -0.149. The van der Waals surface area contributed by atoms with Gasteiger partial charge in [0.15, 0.2) is 5.11 Å². The molecule has 21 heavy (non-hydrogen) atoms. The number of thiophene rings is 1. The molecule has 0 spiro atoms. The number of thiocarbonyl (C=S) groups is 1. The standard InChI is InChI=1S/C14H14N4OS2/c1-8-4-5-21-12(8)6-10-13(19)18(14(20)15-10)11-7-17(3)16-9(11)2/h4-7H,1-3H3,(H,15,20)/b10-6+. The molecule has 1 N–H and O–H groups in total. The van der Waals surface area contributed by atoms with Gasteiger partial charge in [-0.05, 0) is 49.2 Å². The van der Waals surface area contributed by atoms with Crippen LogP contribution < -0.4 is 10.2 Å². The maximum absolute atomic E-state index is 12.6. The lowest BCUT2D eigenvalue weighted by Crippen LogP contribution is -2.30. The molecule has 7 heteroatoms. The van der Waals surface area contributed by atoms with E-state index in [0.29, 0.717) is 16.5 Å². The number of anilines is 1. The highest BCUT2D eigenvalue weighted by molar-refractivity contribution is 7.80. The van der Waals surface area contributed by atoms with E-state index >= 15 is 0 Å². The Morgan fingerprint density at radius 3 is 2.76 bits per heavy atom. The van der Waals surface area contributed by atoms with Crippen molar-refractivity contribution in [2.45, 2.75) is 13.8 Å². The minimum atomic E-state index is -0.149. The highest BCUT2D eigenvalue weighted by Gasteiger charge is 2.34. The molecular weight excluding hydrogens is 304 g/mol. The Kier molecular flexibility index (Phi) is 3.38. The summed E-state index contributed by atoms with van der Waals surface area (Å²) < 4.78 is 1.67. The molecule has 0 atom stereocenters. The van der Waals surface area contributed by atoms with Gasteiger partial charge in [0.25, 0.3) is 5.91 Å². The fraction of sp³-hybridized carbons (Fsp3) is 0.214. The van der Waals surface area contributed by atoms with Crippen molar-refractivity contribution in [3.05, 3.63) is 39.5 Å². The summed E-state index contributed by atoms with van der Waals surface area (Å²) in [4.78, 5) is 15.1. The average Bonchev–Trinajstić information content (AvgIpc) is 3.03. The van der Waals surface area contributed by atoms with Gasteiger partial charge in [-0.2, -0.15) is 5.10 Å². The first-order valence-electron chi connectivity index (χ1n) is 6.39. The van der Waals surface area contributed by atoms with Gasteiger partial charge in [-0.15, -0.1) is 11.3 Å². The van der Waals surface area contributed by atoms with E-state index in [2.05, 4.69) is 10.4 Å². The fourth-order valence-corrected chi connectivity index (χ4v) is 3.37. The smallest absolute Gasteiger partial charge is 0.281 e. The second-order valence-electron chi connectivity index (χ2n) is 4.87. The minimum Gasteiger partial charge on any atom is -0.327 e. The number of carbonyl (C=O) groups excluding carboxylic acids is 1. The third kappa shape index (κ3) is 2.38. The number of carbonyl (C=O) groups is 1. The van der Waals surface area contributed by atoms with Crippen LogP contribution in [0.15, 0.2) is 23.3 Å². The van der Waals surface area contributed by atoms with E-state index in [0.717, 1.165) is 16.1 Å². The highest BCUT2D eigenvalue weighted by Crippen LogP contribution is 2.26. The van der Waals surface area contributed by atoms with Gasteiger partial charge in [0.1, 0.15) is 5.70 Å². The summed E-state index contributed by atoms with van der Waals surface area (Å²) in [7, 11) is 1.82. The van der Waals surface area contributed by atoms with Crippen molar-refractivity contribution in [3.8, 4) is 0 Å². The molecule has 3 heterocycles. The number of rotatable bonds is 2. The van der Waals surface area contributed by atoms with Crippen molar-refractivity contribution in [2.24, 2.45) is 7.05 Å². The van der Waals surface area contributed by atoms with Gasteiger partial charge in [-0.1, -0.05) is 0 Å². The molecule has 0 bridgehead atoms. The van der Waals surface area contributed by atoms with Crippen LogP contribution in [-0.2, 0) is 11.8 Å². The first-order chi connectivity index (χ1) is 9.97. The lowest BCUT2D eigenvalue weighted by Gasteiger charge is -2.11. The molecule has 5 nitrogen and oxygen atoms in total. The Hall–Kier alpha value is -1.99. The van der Waals surface area contributed by atoms with Gasteiger partial charge in [0.2, 0.25) is 0 Å². The maximum atomic E-state index is 12.6. The third-order valence-electron chi connectivity index (χ3n) is 3.28. The molecule has 108 valence electrons. The molecule has 2 aromatic heterocycles. The number of nitrogens with one attached hydrogen (secondary N) is 1. The Morgan fingerprint density at radius 1 is 1.43 bits per heavy atom. The molecule has 0 unspecified atom stereocenters. The molecular formula is C14H14N4OS2. The zero-order chi connectivity index (χ0) is 15.1. The van der Waals surface area contributed by atoms with Crippen molar-refractivity contribution in [2.75, 3.05) is 4.90 Å². The summed E-state index contributed by atoms with van der Waals surface area (Å²) in [6, 6.07) is 2.03. The van der Waals surface area contributed by atoms with Gasteiger partial charge in [-0.25, -0.2) is 4.90 Å². The second-order valence-corrected chi connectivity index (χ2v) is 6.20. The normalized spacial score (nSPS) is 16.9. The van der Waals surface area contributed by atoms with E-state index < -0.39 is 0 Å². The van der Waals surface area contributed by atoms with Crippen LogP contribution in [-0.4, -0.2) is 20.8 Å². The molecule has 1 amide bonds. The zero-order valence-corrected chi connectivity index (χ0v) is 13.5. The molecule has 1 aliphatic rings. The van der Waals surface area contributed by atoms with E-state index in [1.54, 1.807) is 22.2 Å². The van der Waals surface area contributed by atoms with E-state index in [4.69, 9.17) is 12.2 Å². The number of hydrogen-bond acceptors (Lipinski definition) is 4. The van der Waals surface area contributed by atoms with Crippen molar-refractivity contribution in [1.82, 2.24) is 15.1 Å². The Morgan fingerprint density at radius 2 is 2.19 bits per heavy atom. The summed E-state index contributed by atoms with van der Waals surface area (Å²) in [5.41, 5.74) is 3.12. The molecule has 1 saturated heterocycles. The van der Waals surface area contributed by atoms with Crippen LogP contribution in [0.3, 0.4) is 0 Å². The van der Waals surface area contributed by atoms with E-state index in [9.17, 15) is 4.79 Å². The van der Waals surface area contributed by atoms with Crippen molar-refractivity contribution in [3.63, 3.8) is 0 Å². The van der Waals surface area contributed by atoms with Crippen LogP contribution in [0.1, 0.15) is 16.1 Å². The van der Waals surface area contributed by atoms with E-state index in [1.807, 2.05) is 38.4 Å². The number of amides is 1. The first-order valence-corrected chi connectivity index (χ1v) is 7.67. The molecule has 1 aliphatic heterocycles. The van der Waals surface area contributed by atoms with Gasteiger partial charge < -0.3 is 5.32 Å². The maximum Gasteiger partial charge on any atom is 0.281 e. The summed E-state index contributed by atoms with van der Waals surface area (Å²) >= 11 is 6.89. The lowest BCUT2D eigenvalue weighted by molar-refractivity contribution is -0.113. The molecule has 2 aromatic rings. The minimum absolute atomic E-state index is 0.149. The third-order valence-corrected chi connectivity index (χ3v) is 4.53. The summed E-state index contributed by atoms with van der Waals surface area (Å²) in [6.45, 7) is 3.88. The van der Waals surface area contributed by atoms with Crippen LogP contribution in [0.4, 0.5) is 5.69 Å². The zero-order valence-electron chi connectivity index (χ0n) is 11.9. The van der Waals surface area contributed by atoms with E-state index in [1.165, 1.54) is 4.90 Å². The molecule has 1 fully saturated rings. The van der Waals surface area contributed by atoms with Gasteiger partial charge in [0.05, 0.1) is 11.4 Å². The van der Waals surface area contributed by atoms with Crippen LogP contribution in [0.2, 0.25) is 0 Å². The van der Waals surface area contributed by atoms with Crippen molar-refractivity contribution in [1.29, 1.82) is 0 Å². The van der Waals surface area contributed by atoms with Gasteiger partial charge in [0, 0.05) is 18.1 Å². The number of nitrogens with zero attached hydrogens (tertiary/aromatic N) is 3. The second kappa shape index (κ2) is 5.09. The molecule has 0 aromatic carbocycles. The van der Waals surface area contributed by atoms with Gasteiger partial charge >= 0.3 is 0 Å². The average molecular weight is 318 g/mol. The van der Waals surface area contributed by atoms with Crippen LogP contribution in [0.5, 0.6) is 0 Å². The largest absolute Gasteiger partial charge is 0.327 e. The Balaban J connectivity index is 1.98. The number of aryl methyl sites for hydroxylation is 3. The van der Waals surface area contributed by atoms with Crippen molar-refractivity contribution < 1.29 is 4.79 Å². The first kappa shape index (κ1) is 14.0. The summed E-state index contributed by atoms with van der Waals surface area (Å²) in [5, 5.41) is 9.64. The van der Waals surface area contributed by atoms with Crippen LogP contribution >= 0.6 is 23.6 Å². The van der Waals surface area contributed by atoms with Crippen molar-refractivity contribution >= 4 is 46.3 Å². The predicted octanol–water partition coefficient (Wildman–Crippen LogP) is 2.36. The molecule has 0 aliphatic carbocycles. The number of aromatic nitrogens is 2. The monoisotopic (exact) mass is 318 g/mol. The van der Waals surface area contributed by atoms with Gasteiger partial charge in [-0.3, -0.25) is 9.48 Å². The quantitative estimate of drug-likeness (QED) is 0.682. The number of hydrogen-bond donors (Lipinski definition) is 1. The fourth-order valence-electron chi connectivity index (χ4n) is 2.22. The predicted molar refractivity (Wildman–Crippen MR) is 88.2 cm³/mol. The topological polar surface area (TPSA) is 50.2 Å². The molecule has 3 rings (SSSR count). The van der Waals surface area contributed by atoms with E-state index in [-0.39, 0.29) is 5.91 Å². The van der Waals surface area contributed by atoms with Crippen LogP contribution in [0.25, 0.3) is 6.08 Å². The lowest BCUT2D eigenvalue weighted by atomic mass is 10.2. The SMILES string of the molecule is Cc1ccsc1/C=C1/NC(=S)N(c2cn(C)nc2C)C1=O. The summed E-state index contributed by atoms with van der Waals surface area (Å²) in [6.07, 6.45) is 3.64. The Labute approximate surface area is 131 Å². The highest BCUT2D eigenvalue weighted by atomic mass is 32.1. The molecule has 0 radical (unpaired) electrons. The van der Waals surface area contributed by atoms with Crippen LogP contribution in [0, 0.1) is 13.8 Å². The Bertz CT molecular complexity index is 772. The molecule has 0 saturated carbocycles.